The van der Waals surface area contributed by atoms with Gasteiger partial charge in [0.05, 0.1) is 11.1 Å². The molecular formula is C16H18N8O2. The number of nitro groups is 1. The molecule has 1 aliphatic heterocycles. The van der Waals surface area contributed by atoms with Crippen LogP contribution >= 0.6 is 0 Å². The smallest absolute Gasteiger partial charge is 0.310 e. The van der Waals surface area contributed by atoms with E-state index in [0.29, 0.717) is 17.3 Å². The molecule has 0 bridgehead atoms. The Balaban J connectivity index is 1.79. The number of hydrogen-bond donors (Lipinski definition) is 2. The first-order valence-electron chi connectivity index (χ1n) is 8.11. The van der Waals surface area contributed by atoms with Gasteiger partial charge in [-0.3, -0.25) is 10.1 Å². The minimum Gasteiger partial charge on any atom is -0.376 e. The molecule has 10 nitrogen and oxygen atoms in total. The van der Waals surface area contributed by atoms with Crippen molar-refractivity contribution in [3.05, 3.63) is 46.2 Å². The molecule has 2 aromatic heterocycles. The summed E-state index contributed by atoms with van der Waals surface area (Å²) < 4.78 is 0. The lowest BCUT2D eigenvalue weighted by atomic mass is 10.1. The standard InChI is InChI=1S/C16H18N8O2/c1-17-15-9-20-16(10-19-15)22-14-7-12(13(8-18-14)24(25)26)21-11-3-5-23(2)6-4-11/h7-11H,3-6H2,2H3,(H2,18,20,21,22). The van der Waals surface area contributed by atoms with Crippen LogP contribution in [0.5, 0.6) is 0 Å². The lowest BCUT2D eigenvalue weighted by molar-refractivity contribution is -0.384. The van der Waals surface area contributed by atoms with Gasteiger partial charge in [0.25, 0.3) is 5.82 Å². The van der Waals surface area contributed by atoms with E-state index in [2.05, 4.69) is 42.4 Å². The minimum atomic E-state index is -0.446. The molecule has 3 heterocycles. The number of piperidine rings is 1. The Kier molecular flexibility index (Phi) is 5.19. The highest BCUT2D eigenvalue weighted by molar-refractivity contribution is 5.67. The van der Waals surface area contributed by atoms with Crippen molar-refractivity contribution in [3.63, 3.8) is 0 Å². The van der Waals surface area contributed by atoms with Crippen molar-refractivity contribution in [2.75, 3.05) is 30.8 Å². The summed E-state index contributed by atoms with van der Waals surface area (Å²) in [7, 11) is 2.06. The van der Waals surface area contributed by atoms with Crippen LogP contribution in [0.3, 0.4) is 0 Å². The maximum absolute atomic E-state index is 11.3. The molecule has 0 atom stereocenters. The van der Waals surface area contributed by atoms with Gasteiger partial charge >= 0.3 is 5.69 Å². The molecule has 26 heavy (non-hydrogen) atoms. The number of likely N-dealkylation sites (tertiary alicyclic amines) is 1. The van der Waals surface area contributed by atoms with E-state index in [-0.39, 0.29) is 17.5 Å². The average Bonchev–Trinajstić information content (AvgIpc) is 2.64. The summed E-state index contributed by atoms with van der Waals surface area (Å²) in [5.41, 5.74) is 0.358. The number of anilines is 3. The summed E-state index contributed by atoms with van der Waals surface area (Å²) in [4.78, 5) is 28.3. The van der Waals surface area contributed by atoms with Crippen molar-refractivity contribution in [1.29, 1.82) is 0 Å². The third kappa shape index (κ3) is 4.20. The zero-order valence-corrected chi connectivity index (χ0v) is 14.2. The van der Waals surface area contributed by atoms with Gasteiger partial charge in [0.1, 0.15) is 17.7 Å². The molecule has 134 valence electrons. The van der Waals surface area contributed by atoms with Gasteiger partial charge in [-0.15, -0.1) is 4.98 Å². The molecule has 10 heteroatoms. The molecule has 2 aromatic rings. The van der Waals surface area contributed by atoms with Crippen molar-refractivity contribution >= 4 is 28.8 Å². The second-order valence-electron chi connectivity index (χ2n) is 6.06. The Labute approximate surface area is 150 Å². The molecule has 0 radical (unpaired) electrons. The van der Waals surface area contributed by atoms with E-state index in [0.717, 1.165) is 25.9 Å². The zero-order valence-electron chi connectivity index (χ0n) is 14.2. The maximum Gasteiger partial charge on any atom is 0.310 e. The van der Waals surface area contributed by atoms with Crippen LogP contribution < -0.4 is 10.6 Å². The summed E-state index contributed by atoms with van der Waals surface area (Å²) >= 11 is 0. The molecule has 3 rings (SSSR count). The predicted molar refractivity (Wildman–Crippen MR) is 96.6 cm³/mol. The van der Waals surface area contributed by atoms with Crippen molar-refractivity contribution in [3.8, 4) is 0 Å². The van der Waals surface area contributed by atoms with E-state index < -0.39 is 4.92 Å². The second kappa shape index (κ2) is 7.71. The predicted octanol–water partition coefficient (Wildman–Crippen LogP) is 2.58. The van der Waals surface area contributed by atoms with Crippen LogP contribution in [-0.4, -0.2) is 51.0 Å². The Morgan fingerprint density at radius 3 is 2.58 bits per heavy atom. The van der Waals surface area contributed by atoms with Crippen LogP contribution in [0.1, 0.15) is 12.8 Å². The largest absolute Gasteiger partial charge is 0.376 e. The summed E-state index contributed by atoms with van der Waals surface area (Å²) in [6.45, 7) is 8.77. The molecule has 0 unspecified atom stereocenters. The van der Waals surface area contributed by atoms with Gasteiger partial charge in [0.15, 0.2) is 12.0 Å². The second-order valence-corrected chi connectivity index (χ2v) is 6.06. The molecule has 2 N–H and O–H groups in total. The van der Waals surface area contributed by atoms with E-state index >= 15 is 0 Å². The first-order chi connectivity index (χ1) is 12.5. The van der Waals surface area contributed by atoms with Gasteiger partial charge in [-0.25, -0.2) is 9.97 Å². The Morgan fingerprint density at radius 1 is 1.23 bits per heavy atom. The molecule has 1 aliphatic rings. The number of aromatic nitrogens is 3. The normalized spacial score (nSPS) is 15.2. The Bertz CT molecular complexity index is 825. The fourth-order valence-corrected chi connectivity index (χ4v) is 2.73. The van der Waals surface area contributed by atoms with E-state index in [1.54, 1.807) is 6.07 Å². The van der Waals surface area contributed by atoms with E-state index in [1.165, 1.54) is 18.6 Å². The molecule has 0 aromatic carbocycles. The highest BCUT2D eigenvalue weighted by Gasteiger charge is 2.22. The number of nitrogens with zero attached hydrogens (tertiary/aromatic N) is 6. The Morgan fingerprint density at radius 2 is 1.96 bits per heavy atom. The van der Waals surface area contributed by atoms with Crippen LogP contribution in [-0.2, 0) is 0 Å². The zero-order chi connectivity index (χ0) is 18.5. The summed E-state index contributed by atoms with van der Waals surface area (Å²) in [5.74, 6) is 1.01. The van der Waals surface area contributed by atoms with Crippen LogP contribution in [0.2, 0.25) is 0 Å². The van der Waals surface area contributed by atoms with Gasteiger partial charge < -0.3 is 20.4 Å². The number of nitrogens with one attached hydrogen (secondary N) is 2. The van der Waals surface area contributed by atoms with E-state index in [1.807, 2.05) is 0 Å². The lowest BCUT2D eigenvalue weighted by Gasteiger charge is -2.30. The van der Waals surface area contributed by atoms with Crippen molar-refractivity contribution in [1.82, 2.24) is 19.9 Å². The summed E-state index contributed by atoms with van der Waals surface area (Å²) in [5, 5.41) is 17.5. The first-order valence-corrected chi connectivity index (χ1v) is 8.11. The fourth-order valence-electron chi connectivity index (χ4n) is 2.73. The molecule has 0 amide bonds. The van der Waals surface area contributed by atoms with Gasteiger partial charge in [0.2, 0.25) is 0 Å². The average molecular weight is 354 g/mol. The van der Waals surface area contributed by atoms with Crippen molar-refractivity contribution in [2.45, 2.75) is 18.9 Å². The fraction of sp³-hybridized carbons (Fsp3) is 0.375. The monoisotopic (exact) mass is 354 g/mol. The quantitative estimate of drug-likeness (QED) is 0.478. The molecule has 0 spiro atoms. The molecule has 1 fully saturated rings. The van der Waals surface area contributed by atoms with Gasteiger partial charge in [0, 0.05) is 12.1 Å². The maximum atomic E-state index is 11.3. The first kappa shape index (κ1) is 17.5. The summed E-state index contributed by atoms with van der Waals surface area (Å²) in [6, 6.07) is 1.78. The minimum absolute atomic E-state index is 0.0658. The van der Waals surface area contributed by atoms with E-state index in [9.17, 15) is 10.1 Å². The Hall–Kier alpha value is -3.32. The van der Waals surface area contributed by atoms with Gasteiger partial charge in [-0.2, -0.15) is 0 Å². The number of rotatable bonds is 5. The van der Waals surface area contributed by atoms with Crippen molar-refractivity contribution < 1.29 is 4.92 Å². The van der Waals surface area contributed by atoms with Crippen molar-refractivity contribution in [2.24, 2.45) is 0 Å². The topological polar surface area (TPSA) is 113 Å². The summed E-state index contributed by atoms with van der Waals surface area (Å²) in [6.07, 6.45) is 5.82. The highest BCUT2D eigenvalue weighted by atomic mass is 16.6. The van der Waals surface area contributed by atoms with Gasteiger partial charge in [-0.05, 0) is 33.0 Å². The number of hydrogen-bond acceptors (Lipinski definition) is 8. The third-order valence-electron chi connectivity index (χ3n) is 4.17. The SMILES string of the molecule is [C-]#[N+]c1cnc(Nc2cc(NC3CCN(C)CC3)c([N+](=O)[O-])cn2)cn1. The molecular weight excluding hydrogens is 336 g/mol. The lowest BCUT2D eigenvalue weighted by Crippen LogP contribution is -2.36. The molecule has 0 saturated carbocycles. The van der Waals surface area contributed by atoms with Crippen LogP contribution in [0.15, 0.2) is 24.7 Å². The number of pyridine rings is 1. The van der Waals surface area contributed by atoms with Crippen LogP contribution in [0.4, 0.5) is 28.8 Å². The van der Waals surface area contributed by atoms with Gasteiger partial charge in [-0.1, -0.05) is 6.57 Å². The van der Waals surface area contributed by atoms with E-state index in [4.69, 9.17) is 6.57 Å². The van der Waals surface area contributed by atoms with Crippen LogP contribution in [0.25, 0.3) is 4.85 Å². The third-order valence-corrected chi connectivity index (χ3v) is 4.17. The molecule has 0 aliphatic carbocycles. The molecule has 1 saturated heterocycles. The highest BCUT2D eigenvalue weighted by Crippen LogP contribution is 2.29. The van der Waals surface area contributed by atoms with Crippen LogP contribution in [0, 0.1) is 16.7 Å².